The summed E-state index contributed by atoms with van der Waals surface area (Å²) in [6.45, 7) is 7.46. The quantitative estimate of drug-likeness (QED) is 0.790. The van der Waals surface area contributed by atoms with Gasteiger partial charge in [0.05, 0.1) is 18.2 Å². The molecule has 94 valence electrons. The van der Waals surface area contributed by atoms with Crippen molar-refractivity contribution in [3.63, 3.8) is 0 Å². The molecule has 2 heteroatoms. The van der Waals surface area contributed by atoms with Crippen molar-refractivity contribution >= 4 is 0 Å². The van der Waals surface area contributed by atoms with Crippen molar-refractivity contribution in [1.82, 2.24) is 4.90 Å². The highest BCUT2D eigenvalue weighted by atomic mass is 16.3. The highest BCUT2D eigenvalue weighted by Gasteiger charge is 2.52. The lowest BCUT2D eigenvalue weighted by molar-refractivity contribution is 0.109. The normalized spacial score (nSPS) is 29.4. The van der Waals surface area contributed by atoms with Crippen molar-refractivity contribution in [2.75, 3.05) is 6.54 Å². The molecule has 0 amide bonds. The molecule has 1 aliphatic heterocycles. The van der Waals surface area contributed by atoms with E-state index in [-0.39, 0.29) is 6.10 Å². The molecule has 0 spiro atoms. The monoisotopic (exact) mass is 233 g/mol. The molecule has 1 aromatic rings. The van der Waals surface area contributed by atoms with Crippen molar-refractivity contribution < 1.29 is 5.11 Å². The second kappa shape index (κ2) is 5.19. The standard InChI is InChI=1S/C15H23NO/c1-4-10-16-13(12-8-6-5-7-9-12)14(16)15(17)11(2)3/h5-9,11,13-15,17H,4,10H2,1-3H3/t13-,14-,15+,16?/m0/s1. The van der Waals surface area contributed by atoms with E-state index in [1.807, 2.05) is 6.07 Å². The fourth-order valence-corrected chi connectivity index (χ4v) is 2.66. The molecule has 1 heterocycles. The van der Waals surface area contributed by atoms with Gasteiger partial charge in [0.25, 0.3) is 0 Å². The van der Waals surface area contributed by atoms with Gasteiger partial charge in [-0.25, -0.2) is 0 Å². The number of aliphatic hydroxyl groups excluding tert-OH is 1. The van der Waals surface area contributed by atoms with Gasteiger partial charge in [-0.3, -0.25) is 4.90 Å². The number of nitrogens with zero attached hydrogens (tertiary/aromatic N) is 1. The van der Waals surface area contributed by atoms with Crippen molar-refractivity contribution in [2.24, 2.45) is 5.92 Å². The highest BCUT2D eigenvalue weighted by molar-refractivity contribution is 5.28. The third-order valence-corrected chi connectivity index (χ3v) is 3.63. The van der Waals surface area contributed by atoms with Crippen LogP contribution in [0.25, 0.3) is 0 Å². The summed E-state index contributed by atoms with van der Waals surface area (Å²) in [5.41, 5.74) is 1.34. The zero-order valence-electron chi connectivity index (χ0n) is 11.0. The summed E-state index contributed by atoms with van der Waals surface area (Å²) < 4.78 is 0. The minimum atomic E-state index is -0.216. The van der Waals surface area contributed by atoms with Crippen LogP contribution in [-0.2, 0) is 0 Å². The Morgan fingerprint density at radius 1 is 1.24 bits per heavy atom. The fourth-order valence-electron chi connectivity index (χ4n) is 2.66. The van der Waals surface area contributed by atoms with Gasteiger partial charge in [-0.05, 0) is 24.4 Å². The van der Waals surface area contributed by atoms with Gasteiger partial charge in [-0.2, -0.15) is 0 Å². The molecule has 1 saturated heterocycles. The van der Waals surface area contributed by atoms with E-state index in [9.17, 15) is 5.11 Å². The second-order valence-electron chi connectivity index (χ2n) is 5.32. The van der Waals surface area contributed by atoms with Crippen LogP contribution in [0.4, 0.5) is 0 Å². The Morgan fingerprint density at radius 2 is 1.88 bits per heavy atom. The van der Waals surface area contributed by atoms with Gasteiger partial charge in [0.1, 0.15) is 0 Å². The van der Waals surface area contributed by atoms with Crippen LogP contribution >= 0.6 is 0 Å². The Hall–Kier alpha value is -0.860. The highest BCUT2D eigenvalue weighted by Crippen LogP contribution is 2.46. The van der Waals surface area contributed by atoms with E-state index in [0.29, 0.717) is 18.0 Å². The van der Waals surface area contributed by atoms with E-state index in [1.54, 1.807) is 0 Å². The van der Waals surface area contributed by atoms with Crippen molar-refractivity contribution in [1.29, 1.82) is 0 Å². The average molecular weight is 233 g/mol. The fraction of sp³-hybridized carbons (Fsp3) is 0.600. The van der Waals surface area contributed by atoms with Gasteiger partial charge < -0.3 is 5.11 Å². The second-order valence-corrected chi connectivity index (χ2v) is 5.32. The first-order valence-corrected chi connectivity index (χ1v) is 6.65. The zero-order valence-corrected chi connectivity index (χ0v) is 11.0. The molecule has 0 bridgehead atoms. The Labute approximate surface area is 104 Å². The maximum absolute atomic E-state index is 10.3. The Bertz CT molecular complexity index is 349. The molecule has 1 N–H and O–H groups in total. The van der Waals surface area contributed by atoms with Crippen LogP contribution in [0.5, 0.6) is 0 Å². The van der Waals surface area contributed by atoms with E-state index in [0.717, 1.165) is 13.0 Å². The summed E-state index contributed by atoms with van der Waals surface area (Å²) in [6.07, 6.45) is 0.928. The number of benzene rings is 1. The van der Waals surface area contributed by atoms with Gasteiger partial charge >= 0.3 is 0 Å². The van der Waals surface area contributed by atoms with E-state index in [2.05, 4.69) is 49.9 Å². The summed E-state index contributed by atoms with van der Waals surface area (Å²) in [7, 11) is 0. The molecule has 4 atom stereocenters. The van der Waals surface area contributed by atoms with Gasteiger partial charge in [0, 0.05) is 0 Å². The van der Waals surface area contributed by atoms with Gasteiger partial charge in [0.2, 0.25) is 0 Å². The minimum Gasteiger partial charge on any atom is -0.391 e. The molecule has 0 saturated carbocycles. The van der Waals surface area contributed by atoms with Crippen LogP contribution in [0.1, 0.15) is 38.8 Å². The first kappa shape index (κ1) is 12.6. The first-order valence-electron chi connectivity index (χ1n) is 6.65. The van der Waals surface area contributed by atoms with Crippen LogP contribution in [0.3, 0.4) is 0 Å². The van der Waals surface area contributed by atoms with Gasteiger partial charge in [0.15, 0.2) is 0 Å². The summed E-state index contributed by atoms with van der Waals surface area (Å²) in [4.78, 5) is 2.42. The molecular formula is C15H23NO. The van der Waals surface area contributed by atoms with E-state index < -0.39 is 0 Å². The molecule has 0 radical (unpaired) electrons. The van der Waals surface area contributed by atoms with Gasteiger partial charge in [-0.1, -0.05) is 51.1 Å². The predicted octanol–water partition coefficient (Wildman–Crippen LogP) is 2.84. The lowest BCUT2D eigenvalue weighted by Gasteiger charge is -2.13. The number of hydrogen-bond acceptors (Lipinski definition) is 2. The van der Waals surface area contributed by atoms with Crippen molar-refractivity contribution in [3.8, 4) is 0 Å². The Morgan fingerprint density at radius 3 is 2.41 bits per heavy atom. The van der Waals surface area contributed by atoms with Gasteiger partial charge in [-0.15, -0.1) is 0 Å². The number of hydrogen-bond donors (Lipinski definition) is 1. The topological polar surface area (TPSA) is 23.2 Å². The molecule has 0 aliphatic carbocycles. The number of aliphatic hydroxyl groups is 1. The van der Waals surface area contributed by atoms with Crippen LogP contribution in [0, 0.1) is 5.92 Å². The Kier molecular flexibility index (Phi) is 3.85. The van der Waals surface area contributed by atoms with Crippen LogP contribution in [0.15, 0.2) is 30.3 Å². The molecule has 17 heavy (non-hydrogen) atoms. The third kappa shape index (κ3) is 2.53. The van der Waals surface area contributed by atoms with E-state index in [1.165, 1.54) is 5.56 Å². The maximum Gasteiger partial charge on any atom is 0.0737 e. The molecule has 1 aromatic carbocycles. The Balaban J connectivity index is 2.11. The lowest BCUT2D eigenvalue weighted by Crippen LogP contribution is -2.25. The first-order chi connectivity index (χ1) is 8.16. The molecule has 1 aliphatic rings. The molecule has 0 aromatic heterocycles. The van der Waals surface area contributed by atoms with E-state index >= 15 is 0 Å². The number of rotatable bonds is 5. The third-order valence-electron chi connectivity index (χ3n) is 3.63. The molecule has 2 rings (SSSR count). The summed E-state index contributed by atoms with van der Waals surface area (Å²) in [5, 5.41) is 10.3. The van der Waals surface area contributed by atoms with E-state index in [4.69, 9.17) is 0 Å². The van der Waals surface area contributed by atoms with Crippen molar-refractivity contribution in [3.05, 3.63) is 35.9 Å². The molecular weight excluding hydrogens is 210 g/mol. The lowest BCUT2D eigenvalue weighted by atomic mass is 9.99. The zero-order chi connectivity index (χ0) is 12.4. The summed E-state index contributed by atoms with van der Waals surface area (Å²) in [5.74, 6) is 0.327. The van der Waals surface area contributed by atoms with Crippen LogP contribution in [-0.4, -0.2) is 28.7 Å². The smallest absolute Gasteiger partial charge is 0.0737 e. The predicted molar refractivity (Wildman–Crippen MR) is 70.8 cm³/mol. The van der Waals surface area contributed by atoms with Crippen LogP contribution in [0.2, 0.25) is 0 Å². The minimum absolute atomic E-state index is 0.216. The summed E-state index contributed by atoms with van der Waals surface area (Å²) >= 11 is 0. The van der Waals surface area contributed by atoms with Crippen molar-refractivity contribution in [2.45, 2.75) is 45.4 Å². The largest absolute Gasteiger partial charge is 0.391 e. The SMILES string of the molecule is CCCN1[C@H]([C@H](O)C(C)C)[C@@H]1c1ccccc1. The maximum atomic E-state index is 10.3. The molecule has 1 unspecified atom stereocenters. The van der Waals surface area contributed by atoms with Crippen LogP contribution < -0.4 is 0 Å². The molecule has 2 nitrogen and oxygen atoms in total. The summed E-state index contributed by atoms with van der Waals surface area (Å²) in [6, 6.07) is 11.3. The average Bonchev–Trinajstić information content (AvgIpc) is 3.03. The molecule has 1 fully saturated rings.